The molecule has 6 nitrogen and oxygen atoms in total. The molecule has 0 radical (unpaired) electrons. The third-order valence-electron chi connectivity index (χ3n) is 4.12. The van der Waals surface area contributed by atoms with E-state index in [9.17, 15) is 22.0 Å². The number of halogens is 3. The SMILES string of the molecule is Cc1cc(S(=O)(=O)Nc2ccc(Cl)cc2)ccc1OCC(=O)Nc1ccc(F)cc1F. The van der Waals surface area contributed by atoms with Crippen molar-refractivity contribution < 1.29 is 26.7 Å². The zero-order chi connectivity index (χ0) is 22.6. The molecule has 31 heavy (non-hydrogen) atoms. The summed E-state index contributed by atoms with van der Waals surface area (Å²) in [6.07, 6.45) is 0. The van der Waals surface area contributed by atoms with Gasteiger partial charge in [0.2, 0.25) is 0 Å². The summed E-state index contributed by atoms with van der Waals surface area (Å²) in [7, 11) is -3.85. The fourth-order valence-electron chi connectivity index (χ4n) is 2.60. The van der Waals surface area contributed by atoms with Crippen LogP contribution in [0.3, 0.4) is 0 Å². The number of aryl methyl sites for hydroxylation is 1. The maximum atomic E-state index is 13.6. The Morgan fingerprint density at radius 2 is 1.74 bits per heavy atom. The maximum Gasteiger partial charge on any atom is 0.262 e. The average molecular weight is 467 g/mol. The number of rotatable bonds is 7. The van der Waals surface area contributed by atoms with Crippen molar-refractivity contribution >= 4 is 38.9 Å². The van der Waals surface area contributed by atoms with Crippen molar-refractivity contribution in [1.29, 1.82) is 0 Å². The Balaban J connectivity index is 1.64. The molecule has 0 aliphatic carbocycles. The van der Waals surface area contributed by atoms with Gasteiger partial charge in [0.25, 0.3) is 15.9 Å². The number of sulfonamides is 1. The normalized spacial score (nSPS) is 11.1. The number of ether oxygens (including phenoxy) is 1. The summed E-state index contributed by atoms with van der Waals surface area (Å²) in [5, 5.41) is 2.75. The Morgan fingerprint density at radius 3 is 2.39 bits per heavy atom. The summed E-state index contributed by atoms with van der Waals surface area (Å²) in [6, 6.07) is 13.1. The van der Waals surface area contributed by atoms with Gasteiger partial charge in [0.15, 0.2) is 6.61 Å². The molecule has 3 aromatic carbocycles. The predicted octanol–water partition coefficient (Wildman–Crippen LogP) is 4.74. The van der Waals surface area contributed by atoms with Crippen molar-refractivity contribution in [2.24, 2.45) is 0 Å². The number of anilines is 2. The first-order chi connectivity index (χ1) is 14.6. The van der Waals surface area contributed by atoms with E-state index in [-0.39, 0.29) is 16.3 Å². The number of hydrogen-bond acceptors (Lipinski definition) is 4. The number of amides is 1. The smallest absolute Gasteiger partial charge is 0.262 e. The number of carbonyl (C=O) groups is 1. The lowest BCUT2D eigenvalue weighted by atomic mass is 10.2. The maximum absolute atomic E-state index is 13.6. The summed E-state index contributed by atoms with van der Waals surface area (Å²) in [5.74, 6) is -2.05. The second-order valence-corrected chi connectivity index (χ2v) is 8.62. The van der Waals surface area contributed by atoms with Crippen LogP contribution < -0.4 is 14.8 Å². The molecule has 3 rings (SSSR count). The monoisotopic (exact) mass is 466 g/mol. The lowest BCUT2D eigenvalue weighted by Crippen LogP contribution is -2.21. The summed E-state index contributed by atoms with van der Waals surface area (Å²) in [6.45, 7) is 1.17. The van der Waals surface area contributed by atoms with Crippen LogP contribution in [0.5, 0.6) is 5.75 Å². The van der Waals surface area contributed by atoms with Crippen LogP contribution >= 0.6 is 11.6 Å². The standard InChI is InChI=1S/C21H17ClF2N2O4S/c1-13-10-17(31(28,29)26-16-5-2-14(22)3-6-16)7-9-20(13)30-12-21(27)25-19-8-4-15(23)11-18(19)24/h2-11,26H,12H2,1H3,(H,25,27). The van der Waals surface area contributed by atoms with Gasteiger partial charge < -0.3 is 10.1 Å². The van der Waals surface area contributed by atoms with Gasteiger partial charge in [-0.25, -0.2) is 17.2 Å². The van der Waals surface area contributed by atoms with Crippen molar-refractivity contribution in [3.63, 3.8) is 0 Å². The highest BCUT2D eigenvalue weighted by atomic mass is 35.5. The topological polar surface area (TPSA) is 84.5 Å². The zero-order valence-corrected chi connectivity index (χ0v) is 17.7. The van der Waals surface area contributed by atoms with Crippen molar-refractivity contribution in [3.8, 4) is 5.75 Å². The van der Waals surface area contributed by atoms with Crippen molar-refractivity contribution in [2.45, 2.75) is 11.8 Å². The molecule has 3 aromatic rings. The second-order valence-electron chi connectivity index (χ2n) is 6.50. The van der Waals surface area contributed by atoms with Gasteiger partial charge in [-0.2, -0.15) is 0 Å². The molecule has 0 unspecified atom stereocenters. The van der Waals surface area contributed by atoms with E-state index >= 15 is 0 Å². The lowest BCUT2D eigenvalue weighted by molar-refractivity contribution is -0.118. The molecule has 10 heteroatoms. The van der Waals surface area contributed by atoms with Crippen LogP contribution in [0.2, 0.25) is 5.02 Å². The highest BCUT2D eigenvalue weighted by molar-refractivity contribution is 7.92. The molecule has 0 bridgehead atoms. The molecule has 0 aromatic heterocycles. The summed E-state index contributed by atoms with van der Waals surface area (Å²) in [4.78, 5) is 12.0. The number of carbonyl (C=O) groups excluding carboxylic acids is 1. The minimum absolute atomic E-state index is 0.00475. The second kappa shape index (κ2) is 9.32. The van der Waals surface area contributed by atoms with Gasteiger partial charge in [0.05, 0.1) is 10.6 Å². The molecule has 0 saturated carbocycles. The Morgan fingerprint density at radius 1 is 1.03 bits per heavy atom. The van der Waals surface area contributed by atoms with Gasteiger partial charge in [-0.3, -0.25) is 9.52 Å². The van der Waals surface area contributed by atoms with Crippen LogP contribution in [0.15, 0.2) is 65.6 Å². The highest BCUT2D eigenvalue weighted by Gasteiger charge is 2.16. The number of benzene rings is 3. The highest BCUT2D eigenvalue weighted by Crippen LogP contribution is 2.24. The van der Waals surface area contributed by atoms with Crippen LogP contribution in [0.1, 0.15) is 5.56 Å². The third kappa shape index (κ3) is 5.93. The fraction of sp³-hybridized carbons (Fsp3) is 0.0952. The number of hydrogen-bond donors (Lipinski definition) is 2. The number of nitrogens with one attached hydrogen (secondary N) is 2. The minimum atomic E-state index is -3.85. The molecule has 0 aliphatic heterocycles. The largest absolute Gasteiger partial charge is 0.483 e. The molecular weight excluding hydrogens is 450 g/mol. The van der Waals surface area contributed by atoms with Gasteiger partial charge in [0, 0.05) is 16.8 Å². The van der Waals surface area contributed by atoms with Gasteiger partial charge >= 0.3 is 0 Å². The Kier molecular flexibility index (Phi) is 6.77. The van der Waals surface area contributed by atoms with Gasteiger partial charge in [-0.05, 0) is 67.1 Å². The van der Waals surface area contributed by atoms with E-state index in [2.05, 4.69) is 10.0 Å². The Hall–Kier alpha value is -3.17. The van der Waals surface area contributed by atoms with E-state index in [1.165, 1.54) is 30.3 Å². The first-order valence-corrected chi connectivity index (χ1v) is 10.8. The van der Waals surface area contributed by atoms with Crippen molar-refractivity contribution in [3.05, 3.63) is 82.9 Å². The quantitative estimate of drug-likeness (QED) is 0.526. The van der Waals surface area contributed by atoms with E-state index < -0.39 is 34.2 Å². The van der Waals surface area contributed by atoms with E-state index in [1.807, 2.05) is 0 Å². The first kappa shape index (κ1) is 22.5. The first-order valence-electron chi connectivity index (χ1n) is 8.91. The van der Waals surface area contributed by atoms with E-state index in [4.69, 9.17) is 16.3 Å². The van der Waals surface area contributed by atoms with Crippen LogP contribution in [0, 0.1) is 18.6 Å². The van der Waals surface area contributed by atoms with Crippen LogP contribution in [0.4, 0.5) is 20.2 Å². The molecule has 0 aliphatic rings. The van der Waals surface area contributed by atoms with E-state index in [0.29, 0.717) is 22.3 Å². The summed E-state index contributed by atoms with van der Waals surface area (Å²) in [5.41, 5.74) is 0.647. The Bertz CT molecular complexity index is 1220. The van der Waals surface area contributed by atoms with Gasteiger partial charge in [-0.15, -0.1) is 0 Å². The van der Waals surface area contributed by atoms with Crippen LogP contribution in [0.25, 0.3) is 0 Å². The van der Waals surface area contributed by atoms with Crippen LogP contribution in [-0.2, 0) is 14.8 Å². The molecule has 0 heterocycles. The predicted molar refractivity (Wildman–Crippen MR) is 114 cm³/mol. The average Bonchev–Trinajstić information content (AvgIpc) is 2.70. The molecular formula is C21H17ClF2N2O4S. The lowest BCUT2D eigenvalue weighted by Gasteiger charge is -2.12. The summed E-state index contributed by atoms with van der Waals surface area (Å²) >= 11 is 5.80. The molecule has 162 valence electrons. The van der Waals surface area contributed by atoms with E-state index in [0.717, 1.165) is 12.1 Å². The molecule has 1 amide bonds. The van der Waals surface area contributed by atoms with Gasteiger partial charge in [0.1, 0.15) is 17.4 Å². The molecule has 0 atom stereocenters. The molecule has 2 N–H and O–H groups in total. The Labute approximate surface area is 182 Å². The van der Waals surface area contributed by atoms with Crippen molar-refractivity contribution in [2.75, 3.05) is 16.6 Å². The fourth-order valence-corrected chi connectivity index (χ4v) is 3.87. The van der Waals surface area contributed by atoms with Gasteiger partial charge in [-0.1, -0.05) is 11.6 Å². The van der Waals surface area contributed by atoms with Crippen molar-refractivity contribution in [1.82, 2.24) is 0 Å². The molecule has 0 fully saturated rings. The molecule has 0 spiro atoms. The minimum Gasteiger partial charge on any atom is -0.483 e. The molecule has 0 saturated heterocycles. The van der Waals surface area contributed by atoms with Crippen LogP contribution in [-0.4, -0.2) is 20.9 Å². The third-order valence-corrected chi connectivity index (χ3v) is 5.75. The van der Waals surface area contributed by atoms with E-state index in [1.54, 1.807) is 19.1 Å². The zero-order valence-electron chi connectivity index (χ0n) is 16.2. The summed E-state index contributed by atoms with van der Waals surface area (Å²) < 4.78 is 59.5.